The Morgan fingerprint density at radius 2 is 1.70 bits per heavy atom. The van der Waals surface area contributed by atoms with Crippen LogP contribution in [0.4, 0.5) is 5.69 Å². The summed E-state index contributed by atoms with van der Waals surface area (Å²) < 4.78 is 10.4. The van der Waals surface area contributed by atoms with Crippen molar-refractivity contribution in [1.29, 1.82) is 0 Å². The van der Waals surface area contributed by atoms with Crippen LogP contribution in [0.25, 0.3) is 5.76 Å². The highest BCUT2D eigenvalue weighted by Crippen LogP contribution is 2.43. The monoisotopic (exact) mass is 463 g/mol. The fourth-order valence-corrected chi connectivity index (χ4v) is 4.22. The van der Waals surface area contributed by atoms with E-state index in [4.69, 9.17) is 21.1 Å². The summed E-state index contributed by atoms with van der Waals surface area (Å²) in [6.45, 7) is 1.92. The molecule has 0 aromatic heterocycles. The van der Waals surface area contributed by atoms with Crippen LogP contribution in [0.2, 0.25) is 5.02 Å². The number of nitrogens with zero attached hydrogens (tertiary/aromatic N) is 1. The average Bonchev–Trinajstić information content (AvgIpc) is 3.09. The predicted molar refractivity (Wildman–Crippen MR) is 127 cm³/mol. The molecule has 1 atom stereocenters. The molecule has 1 aliphatic rings. The number of carbonyl (C=O) groups is 2. The number of hydrogen-bond acceptors (Lipinski definition) is 5. The molecule has 1 fully saturated rings. The zero-order valence-corrected chi connectivity index (χ0v) is 19.1. The number of anilines is 1. The maximum absolute atomic E-state index is 13.2. The minimum Gasteiger partial charge on any atom is -0.507 e. The van der Waals surface area contributed by atoms with Crippen molar-refractivity contribution in [1.82, 2.24) is 0 Å². The molecule has 0 bridgehead atoms. The lowest BCUT2D eigenvalue weighted by atomic mass is 9.94. The number of amides is 1. The molecule has 0 aliphatic carbocycles. The topological polar surface area (TPSA) is 76.1 Å². The molecule has 1 N–H and O–H groups in total. The Balaban J connectivity index is 1.92. The maximum Gasteiger partial charge on any atom is 0.300 e. The molecule has 1 aliphatic heterocycles. The van der Waals surface area contributed by atoms with Crippen LogP contribution in [0.5, 0.6) is 11.5 Å². The van der Waals surface area contributed by atoms with Crippen molar-refractivity contribution < 1.29 is 24.2 Å². The second kappa shape index (κ2) is 9.00. The Hall–Kier alpha value is -3.77. The van der Waals surface area contributed by atoms with Crippen molar-refractivity contribution in [3.8, 4) is 11.5 Å². The molecule has 33 heavy (non-hydrogen) atoms. The van der Waals surface area contributed by atoms with E-state index in [1.54, 1.807) is 43.5 Å². The number of carbonyl (C=O) groups excluding carboxylic acids is 2. The number of aryl methyl sites for hydroxylation is 1. The van der Waals surface area contributed by atoms with Crippen LogP contribution in [0.3, 0.4) is 0 Å². The molecule has 3 aromatic rings. The fourth-order valence-electron chi connectivity index (χ4n) is 3.97. The second-order valence-corrected chi connectivity index (χ2v) is 8.04. The van der Waals surface area contributed by atoms with Crippen LogP contribution in [-0.4, -0.2) is 31.0 Å². The molecular formula is C26H22ClNO5. The summed E-state index contributed by atoms with van der Waals surface area (Å²) in [5.74, 6) is -0.757. The van der Waals surface area contributed by atoms with Gasteiger partial charge in [-0.1, -0.05) is 41.4 Å². The number of Topliss-reactive ketones (excluding diaryl/α,β-unsaturated/α-hetero) is 1. The van der Waals surface area contributed by atoms with Gasteiger partial charge in [0.2, 0.25) is 0 Å². The lowest BCUT2D eigenvalue weighted by Gasteiger charge is -2.26. The van der Waals surface area contributed by atoms with Gasteiger partial charge in [-0.2, -0.15) is 0 Å². The van der Waals surface area contributed by atoms with Gasteiger partial charge in [-0.25, -0.2) is 0 Å². The number of hydrogen-bond donors (Lipinski definition) is 1. The van der Waals surface area contributed by atoms with Crippen LogP contribution in [0.15, 0.2) is 72.3 Å². The lowest BCUT2D eigenvalue weighted by molar-refractivity contribution is -0.132. The van der Waals surface area contributed by atoms with E-state index in [0.717, 1.165) is 5.56 Å². The molecule has 3 aromatic carbocycles. The Labute approximate surface area is 196 Å². The smallest absolute Gasteiger partial charge is 0.300 e. The van der Waals surface area contributed by atoms with Gasteiger partial charge in [0.05, 0.1) is 30.9 Å². The normalized spacial score (nSPS) is 17.3. The van der Waals surface area contributed by atoms with E-state index in [-0.39, 0.29) is 16.4 Å². The molecule has 4 rings (SSSR count). The number of aliphatic hydroxyl groups is 1. The molecule has 6 nitrogen and oxygen atoms in total. The number of ether oxygens (including phenoxy) is 2. The van der Waals surface area contributed by atoms with Crippen molar-refractivity contribution >= 4 is 34.7 Å². The largest absolute Gasteiger partial charge is 0.507 e. The Morgan fingerprint density at radius 1 is 0.970 bits per heavy atom. The van der Waals surface area contributed by atoms with Gasteiger partial charge in [0.25, 0.3) is 11.7 Å². The first-order valence-corrected chi connectivity index (χ1v) is 10.6. The molecule has 0 saturated carbocycles. The fraction of sp³-hybridized carbons (Fsp3) is 0.154. The van der Waals surface area contributed by atoms with E-state index >= 15 is 0 Å². The van der Waals surface area contributed by atoms with Crippen LogP contribution < -0.4 is 14.4 Å². The Morgan fingerprint density at radius 3 is 2.30 bits per heavy atom. The molecule has 1 saturated heterocycles. The third-order valence-corrected chi connectivity index (χ3v) is 5.87. The molecule has 1 heterocycles. The number of halogens is 1. The maximum atomic E-state index is 13.2. The molecule has 1 unspecified atom stereocenters. The first-order chi connectivity index (χ1) is 15.8. The third-order valence-electron chi connectivity index (χ3n) is 5.58. The Bertz CT molecular complexity index is 1270. The highest BCUT2D eigenvalue weighted by atomic mass is 35.5. The summed E-state index contributed by atoms with van der Waals surface area (Å²) in [6.07, 6.45) is 0. The van der Waals surface area contributed by atoms with E-state index in [1.165, 1.54) is 18.1 Å². The van der Waals surface area contributed by atoms with Gasteiger partial charge in [-0.05, 0) is 55.0 Å². The molecule has 0 radical (unpaired) electrons. The summed E-state index contributed by atoms with van der Waals surface area (Å²) in [7, 11) is 3.03. The van der Waals surface area contributed by atoms with Gasteiger partial charge in [0.1, 0.15) is 17.3 Å². The van der Waals surface area contributed by atoms with Crippen LogP contribution >= 0.6 is 11.6 Å². The van der Waals surface area contributed by atoms with Crippen molar-refractivity contribution in [2.45, 2.75) is 13.0 Å². The highest BCUT2D eigenvalue weighted by Gasteiger charge is 2.47. The molecule has 0 spiro atoms. The third kappa shape index (κ3) is 4.05. The summed E-state index contributed by atoms with van der Waals surface area (Å²) in [5, 5.41) is 11.5. The number of ketones is 1. The van der Waals surface area contributed by atoms with Crippen LogP contribution in [-0.2, 0) is 9.59 Å². The number of benzene rings is 3. The SMILES string of the molecule is COc1ccc(N2C(=O)C(=O)/C(=C(\O)c3ccc(OC)c(Cl)c3)C2c2cccc(C)c2)cc1. The summed E-state index contributed by atoms with van der Waals surface area (Å²) in [6, 6.07) is 18.2. The molecule has 7 heteroatoms. The summed E-state index contributed by atoms with van der Waals surface area (Å²) >= 11 is 6.24. The lowest BCUT2D eigenvalue weighted by Crippen LogP contribution is -2.29. The van der Waals surface area contributed by atoms with E-state index in [0.29, 0.717) is 28.3 Å². The van der Waals surface area contributed by atoms with Gasteiger partial charge in [-0.15, -0.1) is 0 Å². The van der Waals surface area contributed by atoms with Gasteiger partial charge < -0.3 is 14.6 Å². The zero-order chi connectivity index (χ0) is 23.7. The minimum atomic E-state index is -0.820. The minimum absolute atomic E-state index is 0.0114. The van der Waals surface area contributed by atoms with Crippen molar-refractivity contribution in [3.63, 3.8) is 0 Å². The number of aliphatic hydroxyl groups excluding tert-OH is 1. The van der Waals surface area contributed by atoms with Crippen LogP contribution in [0.1, 0.15) is 22.7 Å². The quantitative estimate of drug-likeness (QED) is 0.316. The average molecular weight is 464 g/mol. The molecule has 1 amide bonds. The van der Waals surface area contributed by atoms with E-state index < -0.39 is 17.7 Å². The van der Waals surface area contributed by atoms with Crippen molar-refractivity contribution in [2.24, 2.45) is 0 Å². The van der Waals surface area contributed by atoms with Crippen molar-refractivity contribution in [3.05, 3.63) is 94.0 Å². The van der Waals surface area contributed by atoms with Crippen LogP contribution in [0, 0.1) is 6.92 Å². The standard InChI is InChI=1S/C26H22ClNO5/c1-15-5-4-6-16(13-15)23-22(24(29)17-7-12-21(33-3)20(27)14-17)25(30)26(31)28(23)18-8-10-19(32-2)11-9-18/h4-14,23,29H,1-3H3/b24-22-. The first-order valence-electron chi connectivity index (χ1n) is 10.2. The van der Waals surface area contributed by atoms with Gasteiger partial charge in [0, 0.05) is 11.3 Å². The number of methoxy groups -OCH3 is 2. The van der Waals surface area contributed by atoms with Gasteiger partial charge in [-0.3, -0.25) is 14.5 Å². The summed E-state index contributed by atoms with van der Waals surface area (Å²) in [5.41, 5.74) is 2.47. The van der Waals surface area contributed by atoms with E-state index in [2.05, 4.69) is 0 Å². The first kappa shape index (κ1) is 22.4. The van der Waals surface area contributed by atoms with Gasteiger partial charge in [0.15, 0.2) is 0 Å². The van der Waals surface area contributed by atoms with E-state index in [9.17, 15) is 14.7 Å². The molecule has 168 valence electrons. The van der Waals surface area contributed by atoms with E-state index in [1.807, 2.05) is 31.2 Å². The Kier molecular flexibility index (Phi) is 6.11. The molecular weight excluding hydrogens is 442 g/mol. The second-order valence-electron chi connectivity index (χ2n) is 7.63. The highest BCUT2D eigenvalue weighted by molar-refractivity contribution is 6.51. The summed E-state index contributed by atoms with van der Waals surface area (Å²) in [4.78, 5) is 27.8. The van der Waals surface area contributed by atoms with Gasteiger partial charge >= 0.3 is 0 Å². The predicted octanol–water partition coefficient (Wildman–Crippen LogP) is 5.29. The zero-order valence-electron chi connectivity index (χ0n) is 18.3. The number of rotatable bonds is 5. The van der Waals surface area contributed by atoms with Crippen molar-refractivity contribution in [2.75, 3.05) is 19.1 Å².